The number of nitrogens with zero attached hydrogens (tertiary/aromatic N) is 2. The van der Waals surface area contributed by atoms with Crippen LogP contribution in [-0.4, -0.2) is 44.1 Å². The zero-order valence-electron chi connectivity index (χ0n) is 15.2. The molecule has 1 fully saturated rings. The molecule has 2 rings (SSSR count). The number of thioether (sulfide) groups is 1. The third kappa shape index (κ3) is 6.70. The molecule has 0 amide bonds. The number of hydrogen-bond donors (Lipinski definition) is 2. The fourth-order valence-electron chi connectivity index (χ4n) is 2.90. The fraction of sp³-hybridized carbons (Fsp3) is 0.611. The summed E-state index contributed by atoms with van der Waals surface area (Å²) in [5.41, 5.74) is 2.45. The third-order valence-electron chi connectivity index (χ3n) is 4.25. The first-order chi connectivity index (χ1) is 11.1. The minimum Gasteiger partial charge on any atom is -0.378 e. The first kappa shape index (κ1) is 21.4. The Morgan fingerprint density at radius 3 is 2.75 bits per heavy atom. The maximum Gasteiger partial charge on any atom is 0.191 e. The topological polar surface area (TPSA) is 39.7 Å². The smallest absolute Gasteiger partial charge is 0.191 e. The van der Waals surface area contributed by atoms with Gasteiger partial charge < -0.3 is 15.5 Å². The number of halogens is 1. The number of benzene rings is 1. The molecule has 1 aromatic carbocycles. The van der Waals surface area contributed by atoms with Crippen LogP contribution in [0.5, 0.6) is 0 Å². The Morgan fingerprint density at radius 1 is 1.33 bits per heavy atom. The molecule has 4 nitrogen and oxygen atoms in total. The van der Waals surface area contributed by atoms with Crippen LogP contribution in [0.15, 0.2) is 29.3 Å². The van der Waals surface area contributed by atoms with Crippen molar-refractivity contribution in [2.24, 2.45) is 4.99 Å². The number of anilines is 1. The summed E-state index contributed by atoms with van der Waals surface area (Å²) in [5, 5.41) is 7.77. The molecule has 0 aliphatic heterocycles. The standard InChI is InChI=1S/C18H30N4S.HI/c1-5-19-18(21-15-9-10-17(12-15)23-4)20-13-14-7-6-8-16(11-14)22(2)3;/h6-8,11,15,17H,5,9-10,12-13H2,1-4H3,(H2,19,20,21);1H. The molecule has 1 aliphatic carbocycles. The van der Waals surface area contributed by atoms with Crippen LogP contribution < -0.4 is 15.5 Å². The van der Waals surface area contributed by atoms with Crippen LogP contribution in [0.1, 0.15) is 31.7 Å². The van der Waals surface area contributed by atoms with Crippen LogP contribution in [0, 0.1) is 0 Å². The predicted octanol–water partition coefficient (Wildman–Crippen LogP) is 3.71. The van der Waals surface area contributed by atoms with Gasteiger partial charge in [0.2, 0.25) is 0 Å². The van der Waals surface area contributed by atoms with Gasteiger partial charge in [0.15, 0.2) is 5.96 Å². The van der Waals surface area contributed by atoms with E-state index >= 15 is 0 Å². The largest absolute Gasteiger partial charge is 0.378 e. The van der Waals surface area contributed by atoms with Gasteiger partial charge in [-0.3, -0.25) is 0 Å². The molecule has 0 spiro atoms. The average Bonchev–Trinajstić information content (AvgIpc) is 3.01. The van der Waals surface area contributed by atoms with Crippen molar-refractivity contribution < 1.29 is 0 Å². The SMILES string of the molecule is CCNC(=NCc1cccc(N(C)C)c1)NC1CCC(SC)C1.I. The van der Waals surface area contributed by atoms with Gasteiger partial charge in [0, 0.05) is 37.6 Å². The Morgan fingerprint density at radius 2 is 2.12 bits per heavy atom. The van der Waals surface area contributed by atoms with Crippen molar-refractivity contribution in [1.82, 2.24) is 10.6 Å². The van der Waals surface area contributed by atoms with Gasteiger partial charge in [0.25, 0.3) is 0 Å². The zero-order chi connectivity index (χ0) is 16.7. The molecule has 1 aliphatic rings. The van der Waals surface area contributed by atoms with Gasteiger partial charge >= 0.3 is 0 Å². The summed E-state index contributed by atoms with van der Waals surface area (Å²) in [4.78, 5) is 6.89. The van der Waals surface area contributed by atoms with Crippen LogP contribution in [-0.2, 0) is 6.54 Å². The molecule has 0 heterocycles. The highest BCUT2D eigenvalue weighted by atomic mass is 127. The van der Waals surface area contributed by atoms with E-state index in [4.69, 9.17) is 4.99 Å². The summed E-state index contributed by atoms with van der Waals surface area (Å²) in [5.74, 6) is 0.939. The lowest BCUT2D eigenvalue weighted by atomic mass is 10.2. The van der Waals surface area contributed by atoms with Crippen molar-refractivity contribution >= 4 is 47.4 Å². The van der Waals surface area contributed by atoms with Crippen molar-refractivity contribution in [1.29, 1.82) is 0 Å². The van der Waals surface area contributed by atoms with Crippen LogP contribution >= 0.6 is 35.7 Å². The molecule has 2 atom stereocenters. The van der Waals surface area contributed by atoms with Crippen LogP contribution in [0.3, 0.4) is 0 Å². The van der Waals surface area contributed by atoms with Crippen molar-refractivity contribution in [3.8, 4) is 0 Å². The van der Waals surface area contributed by atoms with E-state index in [0.717, 1.165) is 17.8 Å². The van der Waals surface area contributed by atoms with Crippen molar-refractivity contribution in [3.05, 3.63) is 29.8 Å². The summed E-state index contributed by atoms with van der Waals surface area (Å²) < 4.78 is 0. The molecule has 0 saturated heterocycles. The van der Waals surface area contributed by atoms with E-state index in [2.05, 4.69) is 67.1 Å². The summed E-state index contributed by atoms with van der Waals surface area (Å²) in [6, 6.07) is 9.11. The van der Waals surface area contributed by atoms with E-state index in [0.29, 0.717) is 12.6 Å². The summed E-state index contributed by atoms with van der Waals surface area (Å²) in [6.45, 7) is 3.71. The zero-order valence-corrected chi connectivity index (χ0v) is 18.4. The molecule has 0 radical (unpaired) electrons. The molecule has 0 bridgehead atoms. The lowest BCUT2D eigenvalue weighted by molar-refractivity contribution is 0.615. The lowest BCUT2D eigenvalue weighted by Crippen LogP contribution is -2.42. The molecular weight excluding hydrogens is 431 g/mol. The monoisotopic (exact) mass is 462 g/mol. The maximum absolute atomic E-state index is 4.77. The molecule has 2 N–H and O–H groups in total. The summed E-state index contributed by atoms with van der Waals surface area (Å²) in [6.07, 6.45) is 6.00. The van der Waals surface area contributed by atoms with Crippen LogP contribution in [0.4, 0.5) is 5.69 Å². The summed E-state index contributed by atoms with van der Waals surface area (Å²) in [7, 11) is 4.13. The minimum atomic E-state index is 0. The highest BCUT2D eigenvalue weighted by molar-refractivity contribution is 14.0. The Kier molecular flexibility index (Phi) is 9.88. The Labute approximate surface area is 168 Å². The van der Waals surface area contributed by atoms with Crippen molar-refractivity contribution in [2.45, 2.75) is 44.0 Å². The molecule has 1 aromatic rings. The molecule has 2 unspecified atom stereocenters. The highest BCUT2D eigenvalue weighted by Gasteiger charge is 2.24. The normalized spacial score (nSPS) is 20.4. The van der Waals surface area contributed by atoms with E-state index in [1.807, 2.05) is 11.8 Å². The number of aliphatic imine (C=N–C) groups is 1. The second-order valence-electron chi connectivity index (χ2n) is 6.27. The van der Waals surface area contributed by atoms with Gasteiger partial charge in [-0.1, -0.05) is 12.1 Å². The predicted molar refractivity (Wildman–Crippen MR) is 119 cm³/mol. The molecule has 136 valence electrons. The molecular formula is C18H31IN4S. The van der Waals surface area contributed by atoms with Gasteiger partial charge in [-0.2, -0.15) is 11.8 Å². The summed E-state index contributed by atoms with van der Waals surface area (Å²) >= 11 is 1.99. The molecule has 0 aromatic heterocycles. The van der Waals surface area contributed by atoms with E-state index in [-0.39, 0.29) is 24.0 Å². The second kappa shape index (κ2) is 11.1. The highest BCUT2D eigenvalue weighted by Crippen LogP contribution is 2.28. The van der Waals surface area contributed by atoms with Crippen molar-refractivity contribution in [2.75, 3.05) is 31.8 Å². The van der Waals surface area contributed by atoms with Crippen molar-refractivity contribution in [3.63, 3.8) is 0 Å². The van der Waals surface area contributed by atoms with E-state index in [1.54, 1.807) is 0 Å². The average molecular weight is 462 g/mol. The van der Waals surface area contributed by atoms with Gasteiger partial charge in [0.1, 0.15) is 0 Å². The number of guanidine groups is 1. The van der Waals surface area contributed by atoms with E-state index in [9.17, 15) is 0 Å². The fourth-order valence-corrected chi connectivity index (χ4v) is 3.70. The van der Waals surface area contributed by atoms with Gasteiger partial charge in [-0.25, -0.2) is 4.99 Å². The van der Waals surface area contributed by atoms with E-state index < -0.39 is 0 Å². The van der Waals surface area contributed by atoms with Crippen LogP contribution in [0.2, 0.25) is 0 Å². The second-order valence-corrected chi connectivity index (χ2v) is 7.41. The first-order valence-electron chi connectivity index (χ1n) is 8.46. The molecule has 6 heteroatoms. The Bertz CT molecular complexity index is 521. The number of hydrogen-bond acceptors (Lipinski definition) is 3. The van der Waals surface area contributed by atoms with Gasteiger partial charge in [0.05, 0.1) is 6.54 Å². The van der Waals surface area contributed by atoms with E-state index in [1.165, 1.54) is 30.5 Å². The third-order valence-corrected chi connectivity index (χ3v) is 5.34. The molecule has 1 saturated carbocycles. The van der Waals surface area contributed by atoms with Gasteiger partial charge in [-0.05, 0) is 50.1 Å². The molecule has 24 heavy (non-hydrogen) atoms. The van der Waals surface area contributed by atoms with Crippen LogP contribution in [0.25, 0.3) is 0 Å². The maximum atomic E-state index is 4.77. The lowest BCUT2D eigenvalue weighted by Gasteiger charge is -2.17. The number of nitrogens with one attached hydrogen (secondary N) is 2. The Balaban J connectivity index is 0.00000288. The van der Waals surface area contributed by atoms with Gasteiger partial charge in [-0.15, -0.1) is 24.0 Å². The quantitative estimate of drug-likeness (QED) is 0.384. The Hall–Kier alpha value is -0.630. The number of rotatable bonds is 6. The first-order valence-corrected chi connectivity index (χ1v) is 9.75. The minimum absolute atomic E-state index is 0.